The lowest BCUT2D eigenvalue weighted by atomic mass is 10.1. The molecule has 0 aromatic heterocycles. The lowest BCUT2D eigenvalue weighted by Gasteiger charge is -2.18. The van der Waals surface area contributed by atoms with Crippen LogP contribution in [0.1, 0.15) is 6.42 Å². The molecule has 1 heterocycles. The Balaban J connectivity index is 2.37. The number of nitrogens with zero attached hydrogens (tertiary/aromatic N) is 1. The van der Waals surface area contributed by atoms with E-state index in [1.165, 1.54) is 4.90 Å². The number of carbonyl (C=O) groups is 2. The van der Waals surface area contributed by atoms with E-state index >= 15 is 0 Å². The molecule has 0 bridgehead atoms. The van der Waals surface area contributed by atoms with E-state index in [-0.39, 0.29) is 18.2 Å². The van der Waals surface area contributed by atoms with Crippen LogP contribution in [0.25, 0.3) is 0 Å². The third-order valence-electron chi connectivity index (χ3n) is 2.56. The number of anilines is 1. The second-order valence-corrected chi connectivity index (χ2v) is 6.30. The van der Waals surface area contributed by atoms with Gasteiger partial charge in [0, 0.05) is 10.4 Å². The Bertz CT molecular complexity index is 477. The summed E-state index contributed by atoms with van der Waals surface area (Å²) in [5.74, 6) is -0.463. The monoisotopic (exact) mass is 379 g/mol. The highest BCUT2D eigenvalue weighted by atomic mass is 79.9. The van der Waals surface area contributed by atoms with Crippen LogP contribution < -0.4 is 4.90 Å². The number of amides is 2. The minimum absolute atomic E-state index is 0.152. The molecule has 0 radical (unpaired) electrons. The van der Waals surface area contributed by atoms with Crippen LogP contribution in [0.3, 0.4) is 0 Å². The van der Waals surface area contributed by atoms with Crippen LogP contribution in [0.5, 0.6) is 0 Å². The SMILES string of the molecule is O=C1CC(Br)(CBr)C(=O)N1c1ccc(Cl)cc1. The molecule has 1 aliphatic rings. The van der Waals surface area contributed by atoms with Gasteiger partial charge in [-0.15, -0.1) is 0 Å². The molecule has 1 aliphatic heterocycles. The van der Waals surface area contributed by atoms with Gasteiger partial charge in [-0.05, 0) is 24.3 Å². The first kappa shape index (κ1) is 13.1. The van der Waals surface area contributed by atoms with Crippen LogP contribution in [-0.2, 0) is 9.59 Å². The summed E-state index contributed by atoms with van der Waals surface area (Å²) in [5, 5.41) is 0.965. The fourth-order valence-corrected chi connectivity index (χ4v) is 2.65. The maximum Gasteiger partial charge on any atom is 0.252 e. The van der Waals surface area contributed by atoms with Crippen molar-refractivity contribution in [2.75, 3.05) is 10.2 Å². The quantitative estimate of drug-likeness (QED) is 0.583. The molecule has 1 unspecified atom stereocenters. The molecular weight excluding hydrogens is 373 g/mol. The molecule has 3 nitrogen and oxygen atoms in total. The van der Waals surface area contributed by atoms with Crippen molar-refractivity contribution in [1.82, 2.24) is 0 Å². The van der Waals surface area contributed by atoms with E-state index in [1.54, 1.807) is 24.3 Å². The minimum Gasteiger partial charge on any atom is -0.274 e. The summed E-state index contributed by atoms with van der Waals surface area (Å²) in [4.78, 5) is 25.2. The van der Waals surface area contributed by atoms with Gasteiger partial charge in [0.05, 0.1) is 12.1 Å². The second-order valence-electron chi connectivity index (χ2n) is 3.79. The zero-order valence-corrected chi connectivity index (χ0v) is 12.5. The van der Waals surface area contributed by atoms with Gasteiger partial charge in [-0.1, -0.05) is 43.5 Å². The smallest absolute Gasteiger partial charge is 0.252 e. The first-order valence-corrected chi connectivity index (χ1v) is 7.15. The summed E-state index contributed by atoms with van der Waals surface area (Å²) in [6.45, 7) is 0. The summed E-state index contributed by atoms with van der Waals surface area (Å²) in [6, 6.07) is 6.62. The largest absolute Gasteiger partial charge is 0.274 e. The highest BCUT2D eigenvalue weighted by molar-refractivity contribution is 9.12. The predicted octanol–water partition coefficient (Wildman–Crippen LogP) is 3.13. The van der Waals surface area contributed by atoms with Crippen molar-refractivity contribution >= 4 is 61.0 Å². The molecule has 17 heavy (non-hydrogen) atoms. The molecule has 1 saturated heterocycles. The zero-order chi connectivity index (χ0) is 12.6. The van der Waals surface area contributed by atoms with Gasteiger partial charge in [0.25, 0.3) is 5.91 Å². The van der Waals surface area contributed by atoms with Crippen LogP contribution in [0, 0.1) is 0 Å². The van der Waals surface area contributed by atoms with Crippen molar-refractivity contribution in [3.8, 4) is 0 Å². The predicted molar refractivity (Wildman–Crippen MR) is 74.0 cm³/mol. The van der Waals surface area contributed by atoms with Crippen molar-refractivity contribution in [2.24, 2.45) is 0 Å². The Morgan fingerprint density at radius 1 is 1.29 bits per heavy atom. The number of imide groups is 1. The van der Waals surface area contributed by atoms with Gasteiger partial charge < -0.3 is 0 Å². The molecule has 0 spiro atoms. The van der Waals surface area contributed by atoms with E-state index in [0.717, 1.165) is 0 Å². The average molecular weight is 381 g/mol. The lowest BCUT2D eigenvalue weighted by molar-refractivity contribution is -0.121. The maximum atomic E-state index is 12.1. The Labute approximate surface area is 120 Å². The van der Waals surface area contributed by atoms with Crippen molar-refractivity contribution in [3.05, 3.63) is 29.3 Å². The molecule has 1 aromatic carbocycles. The molecule has 90 valence electrons. The highest BCUT2D eigenvalue weighted by Crippen LogP contribution is 2.37. The van der Waals surface area contributed by atoms with Crippen LogP contribution >= 0.6 is 43.5 Å². The van der Waals surface area contributed by atoms with Gasteiger partial charge in [-0.3, -0.25) is 9.59 Å². The number of hydrogen-bond acceptors (Lipinski definition) is 2. The summed E-state index contributed by atoms with van der Waals surface area (Å²) in [7, 11) is 0. The van der Waals surface area contributed by atoms with E-state index < -0.39 is 4.32 Å². The van der Waals surface area contributed by atoms with Gasteiger partial charge in [0.15, 0.2) is 0 Å². The molecule has 1 aromatic rings. The summed E-state index contributed by atoms with van der Waals surface area (Å²) in [5.41, 5.74) is 0.548. The molecule has 1 atom stereocenters. The number of carbonyl (C=O) groups excluding carboxylic acids is 2. The Hall–Kier alpha value is -0.390. The van der Waals surface area contributed by atoms with Crippen molar-refractivity contribution in [1.29, 1.82) is 0 Å². The topological polar surface area (TPSA) is 37.4 Å². The van der Waals surface area contributed by atoms with Gasteiger partial charge in [-0.25, -0.2) is 4.90 Å². The Kier molecular flexibility index (Phi) is 3.61. The fraction of sp³-hybridized carbons (Fsp3) is 0.273. The highest BCUT2D eigenvalue weighted by Gasteiger charge is 2.49. The third kappa shape index (κ3) is 2.28. The number of benzene rings is 1. The minimum atomic E-state index is -0.830. The lowest BCUT2D eigenvalue weighted by Crippen LogP contribution is -2.37. The maximum absolute atomic E-state index is 12.1. The van der Waals surface area contributed by atoms with Crippen molar-refractivity contribution in [3.63, 3.8) is 0 Å². The standard InChI is InChI=1S/C11H8Br2ClNO2/c12-6-11(13)5-9(16)15(10(11)17)8-3-1-7(14)2-4-8/h1-4H,5-6H2. The van der Waals surface area contributed by atoms with Crippen LogP contribution in [0.2, 0.25) is 5.02 Å². The fourth-order valence-electron chi connectivity index (χ4n) is 1.66. The van der Waals surface area contributed by atoms with E-state index in [9.17, 15) is 9.59 Å². The van der Waals surface area contributed by atoms with Gasteiger partial charge in [-0.2, -0.15) is 0 Å². The molecule has 0 aliphatic carbocycles. The van der Waals surface area contributed by atoms with Crippen LogP contribution in [0.4, 0.5) is 5.69 Å². The number of hydrogen-bond donors (Lipinski definition) is 0. The van der Waals surface area contributed by atoms with E-state index in [0.29, 0.717) is 16.0 Å². The Morgan fingerprint density at radius 2 is 1.88 bits per heavy atom. The molecule has 1 fully saturated rings. The van der Waals surface area contributed by atoms with Crippen molar-refractivity contribution in [2.45, 2.75) is 10.7 Å². The normalized spacial score (nSPS) is 24.5. The molecule has 0 saturated carbocycles. The van der Waals surface area contributed by atoms with E-state index in [4.69, 9.17) is 11.6 Å². The first-order chi connectivity index (χ1) is 7.98. The molecule has 0 N–H and O–H groups in total. The number of halogens is 3. The molecule has 2 amide bonds. The van der Waals surface area contributed by atoms with E-state index in [1.807, 2.05) is 0 Å². The third-order valence-corrected chi connectivity index (χ3v) is 5.43. The van der Waals surface area contributed by atoms with Crippen molar-refractivity contribution < 1.29 is 9.59 Å². The van der Waals surface area contributed by atoms with E-state index in [2.05, 4.69) is 31.9 Å². The van der Waals surface area contributed by atoms with Gasteiger partial charge in [0.2, 0.25) is 5.91 Å². The zero-order valence-electron chi connectivity index (χ0n) is 8.62. The molecule has 6 heteroatoms. The first-order valence-electron chi connectivity index (χ1n) is 4.86. The van der Waals surface area contributed by atoms with Gasteiger partial charge >= 0.3 is 0 Å². The summed E-state index contributed by atoms with van der Waals surface area (Å²) in [6.07, 6.45) is 0.152. The average Bonchev–Trinajstić information content (AvgIpc) is 2.53. The summed E-state index contributed by atoms with van der Waals surface area (Å²) < 4.78 is -0.830. The van der Waals surface area contributed by atoms with Crippen LogP contribution in [-0.4, -0.2) is 21.5 Å². The molecular formula is C11H8Br2ClNO2. The Morgan fingerprint density at radius 3 is 2.35 bits per heavy atom. The summed E-state index contributed by atoms with van der Waals surface area (Å²) >= 11 is 12.3. The number of rotatable bonds is 2. The molecule has 2 rings (SSSR count). The van der Waals surface area contributed by atoms with Crippen LogP contribution in [0.15, 0.2) is 24.3 Å². The number of alkyl halides is 2. The van der Waals surface area contributed by atoms with Gasteiger partial charge in [0.1, 0.15) is 4.32 Å². The second kappa shape index (κ2) is 4.71.